The molecular weight excluding hydrogens is 417 g/mol. The second-order valence-electron chi connectivity index (χ2n) is 5.03. The molecule has 0 amide bonds. The van der Waals surface area contributed by atoms with Gasteiger partial charge in [0.1, 0.15) is 11.9 Å². The number of rotatable bonds is 2. The Kier molecular flexibility index (Phi) is 4.60. The first kappa shape index (κ1) is 15.3. The van der Waals surface area contributed by atoms with Gasteiger partial charge in [-0.1, -0.05) is 49.5 Å². The number of benzene rings is 2. The predicted octanol–water partition coefficient (Wildman–Crippen LogP) is 5.65. The van der Waals surface area contributed by atoms with Crippen molar-refractivity contribution in [3.63, 3.8) is 0 Å². The van der Waals surface area contributed by atoms with Crippen LogP contribution in [0.25, 0.3) is 0 Å². The van der Waals surface area contributed by atoms with Gasteiger partial charge in [-0.2, -0.15) is 0 Å². The van der Waals surface area contributed by atoms with Crippen LogP contribution in [-0.4, -0.2) is 7.05 Å². The van der Waals surface area contributed by atoms with Crippen molar-refractivity contribution in [2.45, 2.75) is 18.6 Å². The molecule has 2 atom stereocenters. The lowest BCUT2D eigenvalue weighted by molar-refractivity contribution is 0.154. The summed E-state index contributed by atoms with van der Waals surface area (Å²) in [6.45, 7) is 0. The molecule has 0 radical (unpaired) electrons. The minimum Gasteiger partial charge on any atom is -0.485 e. The van der Waals surface area contributed by atoms with E-state index in [9.17, 15) is 0 Å². The quantitative estimate of drug-likeness (QED) is 0.664. The molecule has 0 aromatic heterocycles. The van der Waals surface area contributed by atoms with Crippen molar-refractivity contribution in [2.75, 3.05) is 7.05 Å². The molecule has 2 nitrogen and oxygen atoms in total. The highest BCUT2D eigenvalue weighted by molar-refractivity contribution is 9.10. The van der Waals surface area contributed by atoms with E-state index in [-0.39, 0.29) is 12.1 Å². The van der Waals surface area contributed by atoms with Gasteiger partial charge in [0, 0.05) is 37.6 Å². The van der Waals surface area contributed by atoms with Gasteiger partial charge in [0.25, 0.3) is 0 Å². The summed E-state index contributed by atoms with van der Waals surface area (Å²) in [7, 11) is 1.97. The van der Waals surface area contributed by atoms with Crippen LogP contribution in [0.5, 0.6) is 5.75 Å². The van der Waals surface area contributed by atoms with Crippen LogP contribution in [0.2, 0.25) is 5.02 Å². The minimum absolute atomic E-state index is 0.0447. The van der Waals surface area contributed by atoms with Crippen LogP contribution in [0.4, 0.5) is 0 Å². The highest BCUT2D eigenvalue weighted by Crippen LogP contribution is 2.43. The smallest absolute Gasteiger partial charge is 0.127 e. The number of ether oxygens (including phenoxy) is 1. The summed E-state index contributed by atoms with van der Waals surface area (Å²) >= 11 is 13.3. The molecule has 2 aromatic carbocycles. The Balaban J connectivity index is 1.98. The van der Waals surface area contributed by atoms with Crippen LogP contribution in [-0.2, 0) is 0 Å². The fourth-order valence-electron chi connectivity index (χ4n) is 2.67. The van der Waals surface area contributed by atoms with E-state index in [4.69, 9.17) is 16.3 Å². The van der Waals surface area contributed by atoms with Crippen molar-refractivity contribution in [1.29, 1.82) is 0 Å². The maximum absolute atomic E-state index is 6.37. The zero-order valence-electron chi connectivity index (χ0n) is 11.4. The topological polar surface area (TPSA) is 21.3 Å². The SMILES string of the molecule is CNC1CC(c2ccc(Br)cc2Cl)Oc2ccc(Br)cc21. The minimum atomic E-state index is -0.0447. The molecule has 110 valence electrons. The fraction of sp³-hybridized carbons (Fsp3) is 0.250. The number of nitrogens with one attached hydrogen (secondary N) is 1. The third kappa shape index (κ3) is 3.14. The lowest BCUT2D eigenvalue weighted by Gasteiger charge is -2.33. The average molecular weight is 432 g/mol. The molecule has 0 saturated heterocycles. The van der Waals surface area contributed by atoms with Gasteiger partial charge in [-0.05, 0) is 37.4 Å². The van der Waals surface area contributed by atoms with Crippen LogP contribution >= 0.6 is 43.5 Å². The standard InChI is InChI=1S/C16H14Br2ClNO/c1-20-14-8-16(11-4-2-10(18)7-13(11)19)21-15-5-3-9(17)6-12(14)15/h2-7,14,16,20H,8H2,1H3. The van der Waals surface area contributed by atoms with Gasteiger partial charge >= 0.3 is 0 Å². The van der Waals surface area contributed by atoms with Crippen LogP contribution in [0.3, 0.4) is 0 Å². The summed E-state index contributed by atoms with van der Waals surface area (Å²) in [5.41, 5.74) is 2.20. The molecule has 0 bridgehead atoms. The molecule has 1 N–H and O–H groups in total. The number of hydrogen-bond donors (Lipinski definition) is 1. The van der Waals surface area contributed by atoms with Gasteiger partial charge in [0.2, 0.25) is 0 Å². The summed E-state index contributed by atoms with van der Waals surface area (Å²) in [4.78, 5) is 0. The van der Waals surface area contributed by atoms with E-state index >= 15 is 0 Å². The van der Waals surface area contributed by atoms with Crippen molar-refractivity contribution in [2.24, 2.45) is 0 Å². The summed E-state index contributed by atoms with van der Waals surface area (Å²) in [5, 5.41) is 4.09. The Bertz CT molecular complexity index is 677. The Morgan fingerprint density at radius 1 is 1.10 bits per heavy atom. The molecule has 0 saturated carbocycles. The average Bonchev–Trinajstić information content (AvgIpc) is 2.46. The molecule has 1 aliphatic rings. The van der Waals surface area contributed by atoms with Gasteiger partial charge in [-0.15, -0.1) is 0 Å². The first-order valence-corrected chi connectivity index (χ1v) is 8.63. The molecule has 1 heterocycles. The number of fused-ring (bicyclic) bond motifs is 1. The van der Waals surface area contributed by atoms with Crippen LogP contribution in [0, 0.1) is 0 Å². The molecule has 5 heteroatoms. The molecule has 0 spiro atoms. The van der Waals surface area contributed by atoms with Crippen LogP contribution in [0.15, 0.2) is 45.3 Å². The molecule has 0 aliphatic carbocycles. The van der Waals surface area contributed by atoms with E-state index < -0.39 is 0 Å². The molecule has 3 rings (SSSR count). The molecule has 2 unspecified atom stereocenters. The Labute approximate surface area is 146 Å². The Hall–Kier alpha value is -0.550. The maximum Gasteiger partial charge on any atom is 0.127 e. The van der Waals surface area contributed by atoms with E-state index in [1.807, 2.05) is 37.4 Å². The third-order valence-electron chi connectivity index (χ3n) is 3.72. The second-order valence-corrected chi connectivity index (χ2v) is 7.27. The maximum atomic E-state index is 6.37. The zero-order valence-corrected chi connectivity index (χ0v) is 15.3. The molecule has 2 aromatic rings. The van der Waals surface area contributed by atoms with E-state index in [2.05, 4.69) is 43.2 Å². The largest absolute Gasteiger partial charge is 0.485 e. The molecule has 1 aliphatic heterocycles. The summed E-state index contributed by atoms with van der Waals surface area (Å²) in [6.07, 6.45) is 0.804. The van der Waals surface area contributed by atoms with E-state index in [0.29, 0.717) is 0 Å². The molecule has 21 heavy (non-hydrogen) atoms. The van der Waals surface area contributed by atoms with Gasteiger partial charge < -0.3 is 10.1 Å². The zero-order chi connectivity index (χ0) is 15.0. The first-order valence-electron chi connectivity index (χ1n) is 6.67. The van der Waals surface area contributed by atoms with Crippen molar-refractivity contribution < 1.29 is 4.74 Å². The third-order valence-corrected chi connectivity index (χ3v) is 5.04. The first-order chi connectivity index (χ1) is 10.1. The summed E-state index contributed by atoms with van der Waals surface area (Å²) in [6, 6.07) is 12.3. The fourth-order valence-corrected chi connectivity index (χ4v) is 3.84. The highest BCUT2D eigenvalue weighted by Gasteiger charge is 2.29. The summed E-state index contributed by atoms with van der Waals surface area (Å²) < 4.78 is 8.20. The monoisotopic (exact) mass is 429 g/mol. The lowest BCUT2D eigenvalue weighted by atomic mass is 9.93. The number of halogens is 3. The lowest BCUT2D eigenvalue weighted by Crippen LogP contribution is -2.26. The Morgan fingerprint density at radius 2 is 1.81 bits per heavy atom. The predicted molar refractivity (Wildman–Crippen MR) is 93.1 cm³/mol. The van der Waals surface area contributed by atoms with Crippen molar-refractivity contribution in [3.8, 4) is 5.75 Å². The van der Waals surface area contributed by atoms with Crippen molar-refractivity contribution >= 4 is 43.5 Å². The van der Waals surface area contributed by atoms with Crippen molar-refractivity contribution in [1.82, 2.24) is 5.32 Å². The van der Waals surface area contributed by atoms with E-state index in [0.717, 1.165) is 31.7 Å². The van der Waals surface area contributed by atoms with Crippen molar-refractivity contribution in [3.05, 3.63) is 61.5 Å². The van der Waals surface area contributed by atoms with Gasteiger partial charge in [-0.25, -0.2) is 0 Å². The number of hydrogen-bond acceptors (Lipinski definition) is 2. The van der Waals surface area contributed by atoms with Crippen LogP contribution in [0.1, 0.15) is 29.7 Å². The second kappa shape index (κ2) is 6.29. The van der Waals surface area contributed by atoms with Gasteiger partial charge in [0.05, 0.1) is 0 Å². The normalized spacial score (nSPS) is 20.8. The van der Waals surface area contributed by atoms with E-state index in [1.165, 1.54) is 5.56 Å². The highest BCUT2D eigenvalue weighted by atomic mass is 79.9. The van der Waals surface area contributed by atoms with Gasteiger partial charge in [-0.3, -0.25) is 0 Å². The Morgan fingerprint density at radius 3 is 2.52 bits per heavy atom. The van der Waals surface area contributed by atoms with Gasteiger partial charge in [0.15, 0.2) is 0 Å². The molecule has 0 fully saturated rings. The van der Waals surface area contributed by atoms with E-state index in [1.54, 1.807) is 0 Å². The van der Waals surface area contributed by atoms with Crippen LogP contribution < -0.4 is 10.1 Å². The molecular formula is C16H14Br2ClNO. The summed E-state index contributed by atoms with van der Waals surface area (Å²) in [5.74, 6) is 0.910.